The van der Waals surface area contributed by atoms with Crippen LogP contribution in [-0.2, 0) is 11.3 Å². The fourth-order valence-electron chi connectivity index (χ4n) is 1.41. The molecule has 0 unspecified atom stereocenters. The highest BCUT2D eigenvalue weighted by Crippen LogP contribution is 2.10. The van der Waals surface area contributed by atoms with Crippen LogP contribution < -0.4 is 0 Å². The minimum atomic E-state index is 0.792. The number of hydrogen-bond acceptors (Lipinski definition) is 1. The van der Waals surface area contributed by atoms with E-state index >= 15 is 0 Å². The number of hydrogen-bond donors (Lipinski definition) is 0. The molecule has 0 bridgehead atoms. The van der Waals surface area contributed by atoms with E-state index in [1.54, 1.807) is 0 Å². The van der Waals surface area contributed by atoms with Gasteiger partial charge in [0.2, 0.25) is 0 Å². The van der Waals surface area contributed by atoms with Crippen LogP contribution in [0.2, 0.25) is 0 Å². The number of aryl methyl sites for hydroxylation is 1. The van der Waals surface area contributed by atoms with E-state index in [-0.39, 0.29) is 0 Å². The van der Waals surface area contributed by atoms with Gasteiger partial charge in [-0.2, -0.15) is 0 Å². The van der Waals surface area contributed by atoms with Crippen LogP contribution in [-0.4, -0.2) is 10.9 Å². The van der Waals surface area contributed by atoms with Crippen LogP contribution in [0.5, 0.6) is 0 Å². The van der Waals surface area contributed by atoms with E-state index in [1.807, 2.05) is 31.3 Å². The Morgan fingerprint density at radius 3 is 2.86 bits per heavy atom. The summed E-state index contributed by atoms with van der Waals surface area (Å²) >= 11 is 0. The molecule has 1 aromatic heterocycles. The Kier molecular flexibility index (Phi) is 4.17. The van der Waals surface area contributed by atoms with Crippen LogP contribution in [0.1, 0.15) is 32.4 Å². The van der Waals surface area contributed by atoms with Crippen molar-refractivity contribution < 1.29 is 4.79 Å². The Bertz CT molecular complexity index is 323. The molecule has 0 fully saturated rings. The number of carbonyl (C=O) groups excluding carboxylic acids is 1. The average molecular weight is 191 g/mol. The number of allylic oxidation sites excluding steroid dienone is 1. The Morgan fingerprint density at radius 2 is 2.29 bits per heavy atom. The van der Waals surface area contributed by atoms with E-state index in [4.69, 9.17) is 0 Å². The van der Waals surface area contributed by atoms with Gasteiger partial charge in [-0.1, -0.05) is 13.8 Å². The van der Waals surface area contributed by atoms with Crippen molar-refractivity contribution in [2.24, 2.45) is 0 Å². The van der Waals surface area contributed by atoms with Gasteiger partial charge in [-0.25, -0.2) is 0 Å². The first-order valence-electron chi connectivity index (χ1n) is 5.12. The first-order valence-corrected chi connectivity index (χ1v) is 5.12. The van der Waals surface area contributed by atoms with Gasteiger partial charge in [0.15, 0.2) is 0 Å². The average Bonchev–Trinajstić information content (AvgIpc) is 2.62. The zero-order valence-electron chi connectivity index (χ0n) is 8.86. The van der Waals surface area contributed by atoms with Crippen molar-refractivity contribution in [3.8, 4) is 0 Å². The van der Waals surface area contributed by atoms with Crippen LogP contribution >= 0.6 is 0 Å². The Hall–Kier alpha value is -1.31. The fourth-order valence-corrected chi connectivity index (χ4v) is 1.41. The Labute approximate surface area is 85.2 Å². The minimum Gasteiger partial charge on any atom is -0.348 e. The molecule has 0 saturated heterocycles. The van der Waals surface area contributed by atoms with Gasteiger partial charge in [0, 0.05) is 18.4 Å². The monoisotopic (exact) mass is 191 g/mol. The van der Waals surface area contributed by atoms with Crippen LogP contribution in [0.25, 0.3) is 6.08 Å². The molecule has 0 N–H and O–H groups in total. The molecular weight excluding hydrogens is 174 g/mol. The van der Waals surface area contributed by atoms with Gasteiger partial charge in [0.05, 0.1) is 0 Å². The lowest BCUT2D eigenvalue weighted by Crippen LogP contribution is -1.97. The largest absolute Gasteiger partial charge is 0.348 e. The van der Waals surface area contributed by atoms with Crippen LogP contribution in [0.15, 0.2) is 23.9 Å². The molecular formula is C12H17NO. The van der Waals surface area contributed by atoms with Crippen molar-refractivity contribution in [1.29, 1.82) is 0 Å². The number of aldehydes is 1. The van der Waals surface area contributed by atoms with E-state index in [9.17, 15) is 4.79 Å². The molecule has 2 heteroatoms. The minimum absolute atomic E-state index is 0.792. The molecule has 0 atom stereocenters. The number of nitrogens with zero attached hydrogens (tertiary/aromatic N) is 1. The summed E-state index contributed by atoms with van der Waals surface area (Å²) in [5.74, 6) is 0. The third-order valence-corrected chi connectivity index (χ3v) is 2.22. The zero-order valence-corrected chi connectivity index (χ0v) is 8.86. The third kappa shape index (κ3) is 2.59. The van der Waals surface area contributed by atoms with Crippen LogP contribution in [0.3, 0.4) is 0 Å². The normalized spacial score (nSPS) is 11.7. The smallest absolute Gasteiger partial charge is 0.146 e. The maximum absolute atomic E-state index is 10.7. The van der Waals surface area contributed by atoms with Crippen LogP contribution in [0.4, 0.5) is 0 Å². The number of carbonyl (C=O) groups is 1. The van der Waals surface area contributed by atoms with Gasteiger partial charge >= 0.3 is 0 Å². The molecule has 1 rings (SSSR count). The van der Waals surface area contributed by atoms with Crippen molar-refractivity contribution in [3.05, 3.63) is 29.6 Å². The lowest BCUT2D eigenvalue weighted by atomic mass is 10.2. The summed E-state index contributed by atoms with van der Waals surface area (Å²) in [5, 5.41) is 0. The summed E-state index contributed by atoms with van der Waals surface area (Å²) in [7, 11) is 0. The lowest BCUT2D eigenvalue weighted by molar-refractivity contribution is -0.104. The highest BCUT2D eigenvalue weighted by molar-refractivity contribution is 5.80. The van der Waals surface area contributed by atoms with Gasteiger partial charge in [-0.05, 0) is 36.6 Å². The second-order valence-corrected chi connectivity index (χ2v) is 3.32. The molecule has 0 spiro atoms. The second kappa shape index (κ2) is 5.43. The molecule has 1 aromatic rings. The summed E-state index contributed by atoms with van der Waals surface area (Å²) in [6, 6.07) is 4.05. The van der Waals surface area contributed by atoms with Crippen molar-refractivity contribution >= 4 is 12.4 Å². The molecule has 1 heterocycles. The zero-order chi connectivity index (χ0) is 10.4. The Balaban J connectivity index is 2.89. The Morgan fingerprint density at radius 1 is 1.50 bits per heavy atom. The van der Waals surface area contributed by atoms with E-state index in [0.29, 0.717) is 0 Å². The predicted molar refractivity (Wildman–Crippen MR) is 59.1 cm³/mol. The molecule has 0 radical (unpaired) electrons. The van der Waals surface area contributed by atoms with Crippen molar-refractivity contribution in [3.63, 3.8) is 0 Å². The molecule has 0 aliphatic rings. The molecule has 76 valence electrons. The first kappa shape index (κ1) is 10.8. The topological polar surface area (TPSA) is 22.0 Å². The van der Waals surface area contributed by atoms with Crippen molar-refractivity contribution in [2.45, 2.75) is 33.2 Å². The maximum Gasteiger partial charge on any atom is 0.146 e. The molecule has 2 nitrogen and oxygen atoms in total. The molecule has 0 amide bonds. The van der Waals surface area contributed by atoms with E-state index in [0.717, 1.165) is 36.9 Å². The maximum atomic E-state index is 10.7. The quantitative estimate of drug-likeness (QED) is 0.518. The second-order valence-electron chi connectivity index (χ2n) is 3.32. The van der Waals surface area contributed by atoms with E-state index in [2.05, 4.69) is 11.5 Å². The molecule has 0 aliphatic heterocycles. The van der Waals surface area contributed by atoms with Gasteiger partial charge in [0.1, 0.15) is 6.29 Å². The van der Waals surface area contributed by atoms with Crippen LogP contribution in [0, 0.1) is 0 Å². The highest BCUT2D eigenvalue weighted by atomic mass is 16.1. The van der Waals surface area contributed by atoms with Crippen molar-refractivity contribution in [1.82, 2.24) is 4.57 Å². The van der Waals surface area contributed by atoms with Gasteiger partial charge < -0.3 is 4.57 Å². The highest BCUT2D eigenvalue weighted by Gasteiger charge is 1.98. The van der Waals surface area contributed by atoms with Gasteiger partial charge in [-0.3, -0.25) is 4.79 Å². The molecule has 0 aromatic carbocycles. The fraction of sp³-hybridized carbons (Fsp3) is 0.417. The molecule has 14 heavy (non-hydrogen) atoms. The van der Waals surface area contributed by atoms with Gasteiger partial charge in [-0.15, -0.1) is 0 Å². The summed E-state index contributed by atoms with van der Waals surface area (Å²) in [5.41, 5.74) is 1.97. The first-order chi connectivity index (χ1) is 6.81. The van der Waals surface area contributed by atoms with E-state index < -0.39 is 0 Å². The molecule has 0 saturated carbocycles. The summed E-state index contributed by atoms with van der Waals surface area (Å²) in [6.45, 7) is 5.15. The SMILES string of the molecule is CCCn1cccc1C=C(C=O)CC. The van der Waals surface area contributed by atoms with Crippen molar-refractivity contribution in [2.75, 3.05) is 0 Å². The van der Waals surface area contributed by atoms with E-state index in [1.165, 1.54) is 0 Å². The summed E-state index contributed by atoms with van der Waals surface area (Å²) in [6.07, 6.45) is 6.85. The number of aromatic nitrogens is 1. The third-order valence-electron chi connectivity index (χ3n) is 2.22. The predicted octanol–water partition coefficient (Wildman–Crippen LogP) is 2.89. The summed E-state index contributed by atoms with van der Waals surface area (Å²) < 4.78 is 2.17. The molecule has 0 aliphatic carbocycles. The summed E-state index contributed by atoms with van der Waals surface area (Å²) in [4.78, 5) is 10.7. The van der Waals surface area contributed by atoms with Gasteiger partial charge in [0.25, 0.3) is 0 Å². The standard InChI is InChI=1S/C12H17NO/c1-3-7-13-8-5-6-12(13)9-11(4-2)10-14/h5-6,8-10H,3-4,7H2,1-2H3. The number of rotatable bonds is 5. The lowest BCUT2D eigenvalue weighted by Gasteiger charge is -2.04.